The van der Waals surface area contributed by atoms with Gasteiger partial charge in [0.2, 0.25) is 21.8 Å². The highest BCUT2D eigenvalue weighted by Crippen LogP contribution is 2.29. The third-order valence-corrected chi connectivity index (χ3v) is 8.25. The summed E-state index contributed by atoms with van der Waals surface area (Å²) in [5.41, 5.74) is 0.00998. The van der Waals surface area contributed by atoms with Crippen LogP contribution in [0.4, 0.5) is 23.2 Å². The van der Waals surface area contributed by atoms with Crippen molar-refractivity contribution < 1.29 is 35.2 Å². The molecule has 0 atom stereocenters. The molecule has 0 N–H and O–H groups in total. The molecular weight excluding hydrogens is 566 g/mol. The lowest BCUT2D eigenvalue weighted by molar-refractivity contribution is -0.130. The number of piperazine rings is 1. The molecule has 1 saturated heterocycles. The van der Waals surface area contributed by atoms with Crippen molar-refractivity contribution in [3.05, 3.63) is 64.5 Å². The largest absolute Gasteiger partial charge is 0.415 e. The van der Waals surface area contributed by atoms with E-state index in [1.165, 1.54) is 25.1 Å². The molecule has 3 aromatic rings. The zero-order valence-corrected chi connectivity index (χ0v) is 22.2. The normalized spacial score (nSPS) is 14.7. The number of anilines is 1. The second-order valence-electron chi connectivity index (χ2n) is 8.82. The van der Waals surface area contributed by atoms with Crippen LogP contribution in [0.2, 0.25) is 5.02 Å². The second-order valence-corrected chi connectivity index (χ2v) is 11.2. The zero-order valence-electron chi connectivity index (χ0n) is 20.7. The molecule has 4 rings (SSSR count). The van der Waals surface area contributed by atoms with Crippen LogP contribution < -0.4 is 4.31 Å². The van der Waals surface area contributed by atoms with Gasteiger partial charge in [0, 0.05) is 50.8 Å². The van der Waals surface area contributed by atoms with Gasteiger partial charge in [-0.2, -0.15) is 8.78 Å². The molecule has 0 spiro atoms. The summed E-state index contributed by atoms with van der Waals surface area (Å²) in [6.45, 7) is 3.12. The average Bonchev–Trinajstić information content (AvgIpc) is 3.39. The van der Waals surface area contributed by atoms with Crippen molar-refractivity contribution in [2.45, 2.75) is 19.9 Å². The average molecular weight is 590 g/mol. The number of halogens is 5. The lowest BCUT2D eigenvalue weighted by atomic mass is 10.1. The molecule has 0 bridgehead atoms. The molecule has 0 saturated carbocycles. The Morgan fingerprint density at radius 1 is 1.08 bits per heavy atom. The Kier molecular flexibility index (Phi) is 8.76. The number of hydrogen-bond acceptors (Lipinski definition) is 7. The van der Waals surface area contributed by atoms with E-state index >= 15 is 4.39 Å². The lowest BCUT2D eigenvalue weighted by Crippen LogP contribution is -2.49. The van der Waals surface area contributed by atoms with Gasteiger partial charge in [0.1, 0.15) is 11.6 Å². The molecule has 15 heteroatoms. The van der Waals surface area contributed by atoms with E-state index in [-0.39, 0.29) is 45.9 Å². The van der Waals surface area contributed by atoms with E-state index in [0.29, 0.717) is 26.2 Å². The number of aromatic nitrogens is 2. The van der Waals surface area contributed by atoms with Gasteiger partial charge in [0.05, 0.1) is 23.0 Å². The second kappa shape index (κ2) is 11.9. The predicted octanol–water partition coefficient (Wildman–Crippen LogP) is 4.11. The van der Waals surface area contributed by atoms with E-state index in [0.717, 1.165) is 22.5 Å². The molecule has 1 aromatic heterocycles. The van der Waals surface area contributed by atoms with E-state index in [1.807, 2.05) is 4.90 Å². The van der Waals surface area contributed by atoms with E-state index < -0.39 is 40.5 Å². The number of amides is 1. The summed E-state index contributed by atoms with van der Waals surface area (Å²) in [5, 5.41) is 6.38. The van der Waals surface area contributed by atoms with Crippen molar-refractivity contribution in [1.82, 2.24) is 20.0 Å². The van der Waals surface area contributed by atoms with Crippen LogP contribution in [0, 0.1) is 11.6 Å². The fourth-order valence-corrected chi connectivity index (χ4v) is 5.69. The SMILES string of the molecule is CC(=O)N1CCN(CCS(=O)(=O)N(Cc2ccc(-c3nnc(C(F)F)o3)cc2F)c2ccc(F)c(Cl)c2)CC1. The minimum Gasteiger partial charge on any atom is -0.415 e. The molecule has 9 nitrogen and oxygen atoms in total. The summed E-state index contributed by atoms with van der Waals surface area (Å²) < 4.78 is 87.2. The summed E-state index contributed by atoms with van der Waals surface area (Å²) in [5.74, 6) is -3.22. The van der Waals surface area contributed by atoms with Gasteiger partial charge < -0.3 is 9.32 Å². The Morgan fingerprint density at radius 3 is 2.38 bits per heavy atom. The number of nitrogens with zero attached hydrogens (tertiary/aromatic N) is 5. The summed E-state index contributed by atoms with van der Waals surface area (Å²) in [6.07, 6.45) is -2.99. The topological polar surface area (TPSA) is 99.9 Å². The van der Waals surface area contributed by atoms with Crippen LogP contribution in [0.15, 0.2) is 40.8 Å². The van der Waals surface area contributed by atoms with Gasteiger partial charge >= 0.3 is 6.43 Å². The van der Waals surface area contributed by atoms with E-state index in [2.05, 4.69) is 10.2 Å². The van der Waals surface area contributed by atoms with Crippen molar-refractivity contribution in [1.29, 1.82) is 0 Å². The summed E-state index contributed by atoms with van der Waals surface area (Å²) >= 11 is 5.91. The number of hydrogen-bond donors (Lipinski definition) is 0. The van der Waals surface area contributed by atoms with Crippen LogP contribution >= 0.6 is 11.6 Å². The molecule has 2 aromatic carbocycles. The Morgan fingerprint density at radius 2 is 1.79 bits per heavy atom. The van der Waals surface area contributed by atoms with E-state index in [1.54, 1.807) is 4.90 Å². The first-order valence-corrected chi connectivity index (χ1v) is 13.8. The molecular formula is C24H24ClF4N5O4S. The maximum Gasteiger partial charge on any atom is 0.314 e. The van der Waals surface area contributed by atoms with E-state index in [9.17, 15) is 26.4 Å². The van der Waals surface area contributed by atoms with Crippen LogP contribution in [0.1, 0.15) is 24.8 Å². The van der Waals surface area contributed by atoms with Crippen molar-refractivity contribution in [2.24, 2.45) is 0 Å². The van der Waals surface area contributed by atoms with Crippen molar-refractivity contribution in [2.75, 3.05) is 42.8 Å². The van der Waals surface area contributed by atoms with Crippen LogP contribution in [0.3, 0.4) is 0 Å². The van der Waals surface area contributed by atoms with Gasteiger partial charge in [-0.15, -0.1) is 10.2 Å². The van der Waals surface area contributed by atoms with Crippen LogP contribution in [-0.2, 0) is 21.4 Å². The number of alkyl halides is 2. The number of benzene rings is 2. The zero-order chi connectivity index (χ0) is 28.3. The molecule has 2 heterocycles. The van der Waals surface area contributed by atoms with Crippen molar-refractivity contribution >= 4 is 33.2 Å². The fourth-order valence-electron chi connectivity index (χ4n) is 4.03. The number of carbonyl (C=O) groups excluding carboxylic acids is 1. The first-order valence-electron chi connectivity index (χ1n) is 11.8. The lowest BCUT2D eigenvalue weighted by Gasteiger charge is -2.34. The smallest absolute Gasteiger partial charge is 0.314 e. The Balaban J connectivity index is 1.56. The van der Waals surface area contributed by atoms with Gasteiger partial charge in [-0.1, -0.05) is 17.7 Å². The molecule has 1 aliphatic heterocycles. The van der Waals surface area contributed by atoms with Gasteiger partial charge in [-0.05, 0) is 30.3 Å². The fraction of sp³-hybridized carbons (Fsp3) is 0.375. The Bertz CT molecular complexity index is 1450. The number of rotatable bonds is 9. The number of sulfonamides is 1. The quantitative estimate of drug-likeness (QED) is 0.346. The highest BCUT2D eigenvalue weighted by atomic mass is 35.5. The first-order chi connectivity index (χ1) is 18.4. The summed E-state index contributed by atoms with van der Waals surface area (Å²) in [6, 6.07) is 6.94. The molecule has 210 valence electrons. The summed E-state index contributed by atoms with van der Waals surface area (Å²) in [4.78, 5) is 15.1. The summed E-state index contributed by atoms with van der Waals surface area (Å²) in [7, 11) is -4.08. The predicted molar refractivity (Wildman–Crippen MR) is 135 cm³/mol. The molecule has 1 amide bonds. The molecule has 1 aliphatic rings. The Hall–Kier alpha value is -3.23. The first kappa shape index (κ1) is 28.8. The van der Waals surface area contributed by atoms with Crippen LogP contribution in [-0.4, -0.2) is 72.8 Å². The highest BCUT2D eigenvalue weighted by Gasteiger charge is 2.27. The van der Waals surface area contributed by atoms with Gasteiger partial charge in [-0.25, -0.2) is 17.2 Å². The third-order valence-electron chi connectivity index (χ3n) is 6.25. The number of carbonyl (C=O) groups is 1. The standard InChI is InChI=1S/C24H24ClF4N5O4S/c1-15(35)33-8-6-32(7-9-33)10-11-39(36,37)34(18-4-5-20(26)19(25)13-18)14-17-3-2-16(12-21(17)27)23-30-31-24(38-23)22(28)29/h2-5,12-13,22H,6-11,14H2,1H3. The monoisotopic (exact) mass is 589 g/mol. The van der Waals surface area contributed by atoms with Crippen molar-refractivity contribution in [3.63, 3.8) is 0 Å². The van der Waals surface area contributed by atoms with Crippen LogP contribution in [0.5, 0.6) is 0 Å². The molecule has 0 aliphatic carbocycles. The van der Waals surface area contributed by atoms with Gasteiger partial charge in [0.25, 0.3) is 5.89 Å². The van der Waals surface area contributed by atoms with Gasteiger partial charge in [0.15, 0.2) is 0 Å². The maximum absolute atomic E-state index is 15.1. The molecule has 0 radical (unpaired) electrons. The molecule has 1 fully saturated rings. The van der Waals surface area contributed by atoms with Crippen molar-refractivity contribution in [3.8, 4) is 11.5 Å². The van der Waals surface area contributed by atoms with Crippen LogP contribution in [0.25, 0.3) is 11.5 Å². The minimum atomic E-state index is -4.08. The molecule has 0 unspecified atom stereocenters. The maximum atomic E-state index is 15.1. The molecule has 39 heavy (non-hydrogen) atoms. The third kappa shape index (κ3) is 6.86. The van der Waals surface area contributed by atoms with Gasteiger partial charge in [-0.3, -0.25) is 14.0 Å². The highest BCUT2D eigenvalue weighted by molar-refractivity contribution is 7.92. The Labute approximate surface area is 227 Å². The van der Waals surface area contributed by atoms with E-state index in [4.69, 9.17) is 16.0 Å². The minimum absolute atomic E-state index is 0.0274.